The summed E-state index contributed by atoms with van der Waals surface area (Å²) in [7, 11) is 3.36. The molecule has 3 nitrogen and oxygen atoms in total. The first-order valence-corrected chi connectivity index (χ1v) is 10.6. The summed E-state index contributed by atoms with van der Waals surface area (Å²) in [4.78, 5) is 13.8. The van der Waals surface area contributed by atoms with Gasteiger partial charge in [0.15, 0.2) is 5.78 Å². The first-order chi connectivity index (χ1) is 15.7. The molecule has 4 aromatic rings. The van der Waals surface area contributed by atoms with Crippen molar-refractivity contribution in [3.8, 4) is 22.3 Å². The maximum absolute atomic E-state index is 13.8. The second kappa shape index (κ2) is 10.2. The molecule has 0 aliphatic rings. The van der Waals surface area contributed by atoms with Crippen LogP contribution >= 0.6 is 0 Å². The molecule has 0 fully saturated rings. The van der Waals surface area contributed by atoms with E-state index in [2.05, 4.69) is 24.3 Å². The number of carbonyl (C=O) groups excluding carboxylic acids is 1. The van der Waals surface area contributed by atoms with Gasteiger partial charge in [-0.2, -0.15) is 0 Å². The van der Waals surface area contributed by atoms with Crippen LogP contribution in [0.4, 0.5) is 0 Å². The summed E-state index contributed by atoms with van der Waals surface area (Å²) < 4.78 is 11.1. The average Bonchev–Trinajstić information content (AvgIpc) is 2.86. The van der Waals surface area contributed by atoms with Crippen molar-refractivity contribution < 1.29 is 14.3 Å². The largest absolute Gasteiger partial charge is 0.380 e. The van der Waals surface area contributed by atoms with Gasteiger partial charge in [-0.3, -0.25) is 4.79 Å². The smallest absolute Gasteiger partial charge is 0.193 e. The molecule has 0 radical (unpaired) electrons. The normalized spacial score (nSPS) is 10.8. The number of methoxy groups -OCH3 is 2. The number of benzene rings is 4. The topological polar surface area (TPSA) is 35.5 Å². The fraction of sp³-hybridized carbons (Fsp3) is 0.138. The van der Waals surface area contributed by atoms with Crippen molar-refractivity contribution in [2.75, 3.05) is 14.2 Å². The lowest BCUT2D eigenvalue weighted by Gasteiger charge is -2.22. The lowest BCUT2D eigenvalue weighted by atomic mass is 9.82. The van der Waals surface area contributed by atoms with Gasteiger partial charge in [0, 0.05) is 30.9 Å². The molecule has 0 bridgehead atoms. The Kier molecular flexibility index (Phi) is 6.90. The van der Waals surface area contributed by atoms with Gasteiger partial charge in [0.25, 0.3) is 0 Å². The van der Waals surface area contributed by atoms with Gasteiger partial charge in [-0.25, -0.2) is 0 Å². The zero-order chi connectivity index (χ0) is 22.3. The quantitative estimate of drug-likeness (QED) is 0.302. The summed E-state index contributed by atoms with van der Waals surface area (Å²) in [6, 6.07) is 31.7. The highest BCUT2D eigenvalue weighted by Gasteiger charge is 2.24. The Bertz CT molecular complexity index is 1180. The third-order valence-electron chi connectivity index (χ3n) is 5.52. The van der Waals surface area contributed by atoms with Gasteiger partial charge in [0.2, 0.25) is 0 Å². The molecule has 0 aromatic heterocycles. The Morgan fingerprint density at radius 3 is 1.69 bits per heavy atom. The van der Waals surface area contributed by atoms with E-state index in [0.717, 1.165) is 33.4 Å². The molecule has 32 heavy (non-hydrogen) atoms. The second-order valence-electron chi connectivity index (χ2n) is 7.61. The Morgan fingerprint density at radius 2 is 1.16 bits per heavy atom. The van der Waals surface area contributed by atoms with Crippen LogP contribution in [0.2, 0.25) is 0 Å². The molecule has 0 saturated heterocycles. The van der Waals surface area contributed by atoms with E-state index in [0.29, 0.717) is 24.3 Å². The van der Waals surface area contributed by atoms with Crippen LogP contribution in [0.5, 0.6) is 0 Å². The molecule has 4 aromatic carbocycles. The molecule has 0 spiro atoms. The number of hydrogen-bond acceptors (Lipinski definition) is 3. The van der Waals surface area contributed by atoms with Gasteiger partial charge in [-0.1, -0.05) is 91.0 Å². The summed E-state index contributed by atoms with van der Waals surface area (Å²) in [6.45, 7) is 0.811. The summed E-state index contributed by atoms with van der Waals surface area (Å²) >= 11 is 0. The Balaban J connectivity index is 2.11. The summed E-state index contributed by atoms with van der Waals surface area (Å²) in [6.07, 6.45) is 0. The first kappa shape index (κ1) is 21.7. The minimum atomic E-state index is -0.0112. The molecule has 4 rings (SSSR count). The fourth-order valence-corrected chi connectivity index (χ4v) is 4.13. The Labute approximate surface area is 189 Å². The van der Waals surface area contributed by atoms with Crippen LogP contribution in [0, 0.1) is 0 Å². The fourth-order valence-electron chi connectivity index (χ4n) is 4.13. The van der Waals surface area contributed by atoms with Crippen molar-refractivity contribution >= 4 is 5.78 Å². The number of ether oxygens (including phenoxy) is 2. The predicted octanol–water partition coefficient (Wildman–Crippen LogP) is 6.54. The van der Waals surface area contributed by atoms with Crippen molar-refractivity contribution in [3.63, 3.8) is 0 Å². The number of ketones is 1. The van der Waals surface area contributed by atoms with Crippen LogP contribution in [0.3, 0.4) is 0 Å². The van der Waals surface area contributed by atoms with Crippen molar-refractivity contribution in [1.29, 1.82) is 0 Å². The van der Waals surface area contributed by atoms with E-state index in [1.54, 1.807) is 14.2 Å². The Hall–Kier alpha value is -3.53. The SMILES string of the molecule is COCc1cc(C(=O)c2ccccc2)c(-c2ccccc2)c(-c2ccccc2)c1COC. The molecule has 0 N–H and O–H groups in total. The highest BCUT2D eigenvalue weighted by Crippen LogP contribution is 2.41. The van der Waals surface area contributed by atoms with E-state index in [-0.39, 0.29) is 5.78 Å². The van der Waals surface area contributed by atoms with Crippen molar-refractivity contribution in [2.45, 2.75) is 13.2 Å². The molecule has 0 atom stereocenters. The van der Waals surface area contributed by atoms with Gasteiger partial charge >= 0.3 is 0 Å². The van der Waals surface area contributed by atoms with E-state index < -0.39 is 0 Å². The molecule has 0 heterocycles. The minimum Gasteiger partial charge on any atom is -0.380 e. The third kappa shape index (κ3) is 4.40. The minimum absolute atomic E-state index is 0.0112. The summed E-state index contributed by atoms with van der Waals surface area (Å²) in [5, 5.41) is 0. The highest BCUT2D eigenvalue weighted by atomic mass is 16.5. The van der Waals surface area contributed by atoms with E-state index in [1.807, 2.05) is 72.8 Å². The van der Waals surface area contributed by atoms with E-state index in [1.165, 1.54) is 0 Å². The molecule has 160 valence electrons. The zero-order valence-corrected chi connectivity index (χ0v) is 18.4. The van der Waals surface area contributed by atoms with Crippen LogP contribution in [0.25, 0.3) is 22.3 Å². The van der Waals surface area contributed by atoms with E-state index in [4.69, 9.17) is 9.47 Å². The van der Waals surface area contributed by atoms with Crippen molar-refractivity contribution in [1.82, 2.24) is 0 Å². The monoisotopic (exact) mass is 422 g/mol. The summed E-state index contributed by atoms with van der Waals surface area (Å²) in [5.41, 5.74) is 7.26. The third-order valence-corrected chi connectivity index (χ3v) is 5.52. The number of hydrogen-bond donors (Lipinski definition) is 0. The number of rotatable bonds is 8. The Morgan fingerprint density at radius 1 is 0.656 bits per heavy atom. The van der Waals surface area contributed by atoms with Crippen LogP contribution in [-0.4, -0.2) is 20.0 Å². The van der Waals surface area contributed by atoms with E-state index in [9.17, 15) is 4.79 Å². The van der Waals surface area contributed by atoms with E-state index >= 15 is 0 Å². The highest BCUT2D eigenvalue weighted by molar-refractivity contribution is 6.15. The van der Waals surface area contributed by atoms with Gasteiger partial charge in [-0.15, -0.1) is 0 Å². The standard InChI is InChI=1S/C29H26O3/c1-31-19-24-18-25(29(30)23-16-10-5-11-17-23)27(21-12-6-3-7-13-21)28(26(24)20-32-2)22-14-8-4-9-15-22/h3-18H,19-20H2,1-2H3. The van der Waals surface area contributed by atoms with Crippen LogP contribution < -0.4 is 0 Å². The lowest BCUT2D eigenvalue weighted by Crippen LogP contribution is -2.10. The predicted molar refractivity (Wildman–Crippen MR) is 129 cm³/mol. The molecule has 0 unspecified atom stereocenters. The maximum atomic E-state index is 13.8. The molecule has 3 heteroatoms. The summed E-state index contributed by atoms with van der Waals surface area (Å²) in [5.74, 6) is -0.0112. The van der Waals surface area contributed by atoms with Crippen LogP contribution in [0.15, 0.2) is 97.1 Å². The van der Waals surface area contributed by atoms with Gasteiger partial charge in [0.1, 0.15) is 0 Å². The van der Waals surface area contributed by atoms with Crippen LogP contribution in [-0.2, 0) is 22.7 Å². The second-order valence-corrected chi connectivity index (χ2v) is 7.61. The number of carbonyl (C=O) groups is 1. The van der Waals surface area contributed by atoms with Crippen molar-refractivity contribution in [3.05, 3.63) is 119 Å². The maximum Gasteiger partial charge on any atom is 0.193 e. The molecular weight excluding hydrogens is 396 g/mol. The molecule has 0 aliphatic heterocycles. The molecule has 0 saturated carbocycles. The molecular formula is C29H26O3. The lowest BCUT2D eigenvalue weighted by molar-refractivity contribution is 0.103. The molecule has 0 aliphatic carbocycles. The average molecular weight is 423 g/mol. The van der Waals surface area contributed by atoms with Crippen LogP contribution in [0.1, 0.15) is 27.0 Å². The molecule has 0 amide bonds. The van der Waals surface area contributed by atoms with Crippen molar-refractivity contribution in [2.24, 2.45) is 0 Å². The van der Waals surface area contributed by atoms with Gasteiger partial charge < -0.3 is 9.47 Å². The van der Waals surface area contributed by atoms with Gasteiger partial charge in [0.05, 0.1) is 13.2 Å². The zero-order valence-electron chi connectivity index (χ0n) is 18.4. The first-order valence-electron chi connectivity index (χ1n) is 10.6. The van der Waals surface area contributed by atoms with Gasteiger partial charge in [-0.05, 0) is 33.9 Å².